The van der Waals surface area contributed by atoms with Gasteiger partial charge in [-0.05, 0) is 20.3 Å². The predicted molar refractivity (Wildman–Crippen MR) is 59.4 cm³/mol. The van der Waals surface area contributed by atoms with Crippen LogP contribution in [0.4, 0.5) is 0 Å². The van der Waals surface area contributed by atoms with Crippen LogP contribution in [0.5, 0.6) is 0 Å². The van der Waals surface area contributed by atoms with Gasteiger partial charge in [-0.3, -0.25) is 4.79 Å². The Bertz CT molecular complexity index is 201. The Balaban J connectivity index is 2.36. The Hall–Kier alpha value is -0.610. The van der Waals surface area contributed by atoms with Gasteiger partial charge in [0.2, 0.25) is 5.91 Å². The third-order valence-corrected chi connectivity index (χ3v) is 2.73. The van der Waals surface area contributed by atoms with E-state index in [1.165, 1.54) is 0 Å². The van der Waals surface area contributed by atoms with Crippen LogP contribution in [0.3, 0.4) is 0 Å². The molecule has 4 heteroatoms. The van der Waals surface area contributed by atoms with Crippen LogP contribution in [0.15, 0.2) is 0 Å². The number of carbonyl (C=O) groups is 1. The molecular weight excluding hydrogens is 192 g/mol. The lowest BCUT2D eigenvalue weighted by molar-refractivity contribution is -0.131. The van der Waals surface area contributed by atoms with E-state index in [0.717, 1.165) is 32.7 Å². The number of amides is 1. The fraction of sp³-hybridized carbons (Fsp3) is 0.909. The van der Waals surface area contributed by atoms with E-state index in [1.807, 2.05) is 18.7 Å². The number of hydrogen-bond acceptors (Lipinski definition) is 3. The fourth-order valence-electron chi connectivity index (χ4n) is 1.85. The van der Waals surface area contributed by atoms with Crippen LogP contribution in [0.1, 0.15) is 26.7 Å². The van der Waals surface area contributed by atoms with Gasteiger partial charge in [-0.1, -0.05) is 0 Å². The van der Waals surface area contributed by atoms with Crippen LogP contribution >= 0.6 is 0 Å². The molecule has 0 bridgehead atoms. The first-order valence-electron chi connectivity index (χ1n) is 5.74. The van der Waals surface area contributed by atoms with Gasteiger partial charge in [0.1, 0.15) is 0 Å². The van der Waals surface area contributed by atoms with Crippen LogP contribution in [0.25, 0.3) is 0 Å². The van der Waals surface area contributed by atoms with Gasteiger partial charge < -0.3 is 15.4 Å². The molecule has 0 aliphatic carbocycles. The van der Waals surface area contributed by atoms with Crippen molar-refractivity contribution in [3.05, 3.63) is 0 Å². The van der Waals surface area contributed by atoms with Crippen LogP contribution < -0.4 is 5.73 Å². The van der Waals surface area contributed by atoms with E-state index in [0.29, 0.717) is 12.3 Å². The summed E-state index contributed by atoms with van der Waals surface area (Å²) in [7, 11) is 0. The monoisotopic (exact) mass is 214 g/mol. The zero-order valence-electron chi connectivity index (χ0n) is 9.74. The molecule has 4 nitrogen and oxygen atoms in total. The summed E-state index contributed by atoms with van der Waals surface area (Å²) in [6.07, 6.45) is 1.52. The van der Waals surface area contributed by atoms with Crippen molar-refractivity contribution in [1.82, 2.24) is 4.90 Å². The van der Waals surface area contributed by atoms with Crippen molar-refractivity contribution in [3.8, 4) is 0 Å². The standard InChI is InChI=1S/C11H22N2O2/c1-3-13(11(14)6-9(2)12)7-10-4-5-15-8-10/h9-10H,3-8,12H2,1-2H3. The Kier molecular flexibility index (Phi) is 5.05. The number of nitrogens with two attached hydrogens (primary N) is 1. The molecule has 0 spiro atoms. The summed E-state index contributed by atoms with van der Waals surface area (Å²) in [4.78, 5) is 13.7. The molecule has 15 heavy (non-hydrogen) atoms. The molecule has 1 fully saturated rings. The highest BCUT2D eigenvalue weighted by molar-refractivity contribution is 5.76. The summed E-state index contributed by atoms with van der Waals surface area (Å²) in [6.45, 7) is 7.09. The highest BCUT2D eigenvalue weighted by Crippen LogP contribution is 2.14. The van der Waals surface area contributed by atoms with Gasteiger partial charge >= 0.3 is 0 Å². The smallest absolute Gasteiger partial charge is 0.224 e. The Morgan fingerprint density at radius 2 is 2.40 bits per heavy atom. The zero-order valence-corrected chi connectivity index (χ0v) is 9.74. The first-order chi connectivity index (χ1) is 7.13. The Labute approximate surface area is 91.8 Å². The van der Waals surface area contributed by atoms with Crippen molar-refractivity contribution in [2.75, 3.05) is 26.3 Å². The predicted octanol–water partition coefficient (Wildman–Crippen LogP) is 0.609. The highest BCUT2D eigenvalue weighted by atomic mass is 16.5. The molecule has 88 valence electrons. The number of nitrogens with zero attached hydrogens (tertiary/aromatic N) is 1. The lowest BCUT2D eigenvalue weighted by Crippen LogP contribution is -2.38. The molecule has 1 aliphatic heterocycles. The van der Waals surface area contributed by atoms with E-state index in [9.17, 15) is 4.79 Å². The van der Waals surface area contributed by atoms with Crippen molar-refractivity contribution in [1.29, 1.82) is 0 Å². The minimum absolute atomic E-state index is 0.0496. The van der Waals surface area contributed by atoms with E-state index in [1.54, 1.807) is 0 Å². The molecule has 0 radical (unpaired) electrons. The average molecular weight is 214 g/mol. The average Bonchev–Trinajstić information content (AvgIpc) is 2.65. The normalized spacial score (nSPS) is 22.7. The molecule has 0 aromatic rings. The SMILES string of the molecule is CCN(CC1CCOC1)C(=O)CC(C)N. The summed E-state index contributed by atoms with van der Waals surface area (Å²) in [5, 5.41) is 0. The molecule has 1 heterocycles. The van der Waals surface area contributed by atoms with Gasteiger partial charge in [0.05, 0.1) is 6.61 Å². The van der Waals surface area contributed by atoms with Gasteiger partial charge in [0.15, 0.2) is 0 Å². The number of hydrogen-bond donors (Lipinski definition) is 1. The maximum Gasteiger partial charge on any atom is 0.224 e. The lowest BCUT2D eigenvalue weighted by Gasteiger charge is -2.24. The van der Waals surface area contributed by atoms with E-state index < -0.39 is 0 Å². The maximum atomic E-state index is 11.8. The van der Waals surface area contributed by atoms with Gasteiger partial charge in [-0.2, -0.15) is 0 Å². The molecule has 2 atom stereocenters. The summed E-state index contributed by atoms with van der Waals surface area (Å²) in [5.74, 6) is 0.682. The van der Waals surface area contributed by atoms with Gasteiger partial charge in [-0.15, -0.1) is 0 Å². The molecule has 2 unspecified atom stereocenters. The molecular formula is C11H22N2O2. The summed E-state index contributed by atoms with van der Waals surface area (Å²) < 4.78 is 5.30. The largest absolute Gasteiger partial charge is 0.381 e. The van der Waals surface area contributed by atoms with Crippen LogP contribution in [-0.2, 0) is 9.53 Å². The number of rotatable bonds is 5. The second-order valence-corrected chi connectivity index (χ2v) is 4.34. The Morgan fingerprint density at radius 1 is 1.67 bits per heavy atom. The van der Waals surface area contributed by atoms with Crippen LogP contribution in [0, 0.1) is 5.92 Å². The second kappa shape index (κ2) is 6.08. The molecule has 1 amide bonds. The summed E-state index contributed by atoms with van der Waals surface area (Å²) >= 11 is 0. The molecule has 0 aromatic carbocycles. The quantitative estimate of drug-likeness (QED) is 0.729. The minimum Gasteiger partial charge on any atom is -0.381 e. The van der Waals surface area contributed by atoms with E-state index in [-0.39, 0.29) is 11.9 Å². The second-order valence-electron chi connectivity index (χ2n) is 4.34. The van der Waals surface area contributed by atoms with Crippen molar-refractivity contribution >= 4 is 5.91 Å². The molecule has 1 aliphatic rings. The third-order valence-electron chi connectivity index (χ3n) is 2.73. The number of carbonyl (C=O) groups excluding carboxylic acids is 1. The van der Waals surface area contributed by atoms with E-state index >= 15 is 0 Å². The van der Waals surface area contributed by atoms with Crippen molar-refractivity contribution in [2.45, 2.75) is 32.7 Å². The van der Waals surface area contributed by atoms with Crippen molar-refractivity contribution < 1.29 is 9.53 Å². The van der Waals surface area contributed by atoms with Crippen molar-refractivity contribution in [2.24, 2.45) is 11.7 Å². The van der Waals surface area contributed by atoms with Crippen molar-refractivity contribution in [3.63, 3.8) is 0 Å². The number of ether oxygens (including phenoxy) is 1. The highest BCUT2D eigenvalue weighted by Gasteiger charge is 2.21. The molecule has 0 saturated carbocycles. The first kappa shape index (κ1) is 12.5. The fourth-order valence-corrected chi connectivity index (χ4v) is 1.85. The molecule has 0 aromatic heterocycles. The minimum atomic E-state index is -0.0496. The summed E-state index contributed by atoms with van der Waals surface area (Å²) in [5.41, 5.74) is 5.62. The summed E-state index contributed by atoms with van der Waals surface area (Å²) in [6, 6.07) is -0.0496. The maximum absolute atomic E-state index is 11.8. The van der Waals surface area contributed by atoms with Gasteiger partial charge in [0, 0.05) is 38.1 Å². The third kappa shape index (κ3) is 4.18. The van der Waals surface area contributed by atoms with E-state index in [4.69, 9.17) is 10.5 Å². The van der Waals surface area contributed by atoms with Gasteiger partial charge in [0.25, 0.3) is 0 Å². The van der Waals surface area contributed by atoms with E-state index in [2.05, 4.69) is 0 Å². The molecule has 1 saturated heterocycles. The topological polar surface area (TPSA) is 55.6 Å². The Morgan fingerprint density at radius 3 is 2.87 bits per heavy atom. The zero-order chi connectivity index (χ0) is 11.3. The molecule has 2 N–H and O–H groups in total. The van der Waals surface area contributed by atoms with Crippen LogP contribution in [0.2, 0.25) is 0 Å². The van der Waals surface area contributed by atoms with Gasteiger partial charge in [-0.25, -0.2) is 0 Å². The first-order valence-corrected chi connectivity index (χ1v) is 5.74. The van der Waals surface area contributed by atoms with Crippen LogP contribution in [-0.4, -0.2) is 43.2 Å². The molecule has 1 rings (SSSR count). The lowest BCUT2D eigenvalue weighted by atomic mass is 10.1.